The smallest absolute Gasteiger partial charge is 0.258 e. The van der Waals surface area contributed by atoms with Gasteiger partial charge in [0, 0.05) is 6.07 Å². The van der Waals surface area contributed by atoms with Crippen LogP contribution in [0.4, 0.5) is 5.69 Å². The largest absolute Gasteiger partial charge is 0.277 e. The summed E-state index contributed by atoms with van der Waals surface area (Å²) < 4.78 is 0. The SMILES string of the molecule is O=[N+]([O-])c1cc2c(cc3c4c2ccc2cccc(c24)C3)c2ccccc12. The molecule has 122 valence electrons. The van der Waals surface area contributed by atoms with Crippen LogP contribution in [0.5, 0.6) is 0 Å². The number of nitro benzene ring substituents is 1. The molecule has 0 aliphatic heterocycles. The molecule has 1 aliphatic rings. The summed E-state index contributed by atoms with van der Waals surface area (Å²) in [4.78, 5) is 11.4. The first-order valence-corrected chi connectivity index (χ1v) is 8.68. The average molecular weight is 335 g/mol. The van der Waals surface area contributed by atoms with Crippen LogP contribution in [0.15, 0.2) is 66.7 Å². The second-order valence-electron chi connectivity index (χ2n) is 7.01. The number of hydrogen-bond acceptors (Lipinski definition) is 2. The lowest BCUT2D eigenvalue weighted by molar-refractivity contribution is -0.382. The Morgan fingerprint density at radius 1 is 0.692 bits per heavy atom. The van der Waals surface area contributed by atoms with Gasteiger partial charge in [-0.2, -0.15) is 0 Å². The number of benzene rings is 5. The fourth-order valence-corrected chi connectivity index (χ4v) is 4.66. The lowest BCUT2D eigenvalue weighted by atomic mass is 9.93. The van der Waals surface area contributed by atoms with Crippen LogP contribution in [0, 0.1) is 10.1 Å². The van der Waals surface area contributed by atoms with Crippen molar-refractivity contribution in [3.8, 4) is 0 Å². The van der Waals surface area contributed by atoms with Crippen molar-refractivity contribution < 1.29 is 4.92 Å². The maximum absolute atomic E-state index is 11.7. The molecular weight excluding hydrogens is 322 g/mol. The molecule has 6 rings (SSSR count). The molecule has 3 nitrogen and oxygen atoms in total. The molecule has 0 aromatic heterocycles. The molecule has 0 unspecified atom stereocenters. The topological polar surface area (TPSA) is 43.1 Å². The number of hydrogen-bond donors (Lipinski definition) is 0. The van der Waals surface area contributed by atoms with E-state index in [-0.39, 0.29) is 10.6 Å². The van der Waals surface area contributed by atoms with E-state index < -0.39 is 0 Å². The van der Waals surface area contributed by atoms with E-state index in [0.717, 1.165) is 28.0 Å². The summed E-state index contributed by atoms with van der Waals surface area (Å²) in [6, 6.07) is 22.3. The van der Waals surface area contributed by atoms with Gasteiger partial charge in [-0.05, 0) is 67.4 Å². The monoisotopic (exact) mass is 335 g/mol. The van der Waals surface area contributed by atoms with Gasteiger partial charge in [0.1, 0.15) is 0 Å². The molecule has 0 N–H and O–H groups in total. The van der Waals surface area contributed by atoms with Crippen molar-refractivity contribution in [3.63, 3.8) is 0 Å². The van der Waals surface area contributed by atoms with Gasteiger partial charge in [0.25, 0.3) is 5.69 Å². The molecule has 5 aromatic rings. The maximum atomic E-state index is 11.7. The predicted molar refractivity (Wildman–Crippen MR) is 106 cm³/mol. The van der Waals surface area contributed by atoms with E-state index in [1.54, 1.807) is 6.07 Å². The highest BCUT2D eigenvalue weighted by Gasteiger charge is 2.22. The minimum atomic E-state index is -0.270. The highest BCUT2D eigenvalue weighted by Crippen LogP contribution is 2.44. The molecule has 1 aliphatic carbocycles. The van der Waals surface area contributed by atoms with Crippen LogP contribution in [0.3, 0.4) is 0 Å². The molecule has 0 amide bonds. The summed E-state index contributed by atoms with van der Waals surface area (Å²) in [5, 5.41) is 20.3. The number of nitrogens with zero attached hydrogens (tertiary/aromatic N) is 1. The lowest BCUT2D eigenvalue weighted by Gasteiger charge is -2.11. The molecule has 5 aromatic carbocycles. The molecule has 0 spiro atoms. The van der Waals surface area contributed by atoms with Crippen molar-refractivity contribution >= 4 is 48.8 Å². The third-order valence-electron chi connectivity index (χ3n) is 5.70. The van der Waals surface area contributed by atoms with Gasteiger partial charge in [0.05, 0.1) is 10.3 Å². The minimum Gasteiger partial charge on any atom is -0.258 e. The molecule has 0 fully saturated rings. The normalized spacial score (nSPS) is 12.8. The first kappa shape index (κ1) is 13.8. The van der Waals surface area contributed by atoms with Crippen LogP contribution in [0.25, 0.3) is 43.1 Å². The van der Waals surface area contributed by atoms with Crippen molar-refractivity contribution in [2.24, 2.45) is 0 Å². The van der Waals surface area contributed by atoms with Gasteiger partial charge in [-0.25, -0.2) is 0 Å². The standard InChI is InChI=1S/C23H13NO2/c25-24(26)21-12-20-18-9-8-13-4-3-5-14-10-15(23(18)22(13)14)11-19(20)16-6-1-2-7-17(16)21/h1-9,11-12H,10H2. The average Bonchev–Trinajstić information content (AvgIpc) is 3.04. The quantitative estimate of drug-likeness (QED) is 0.207. The fourth-order valence-electron chi connectivity index (χ4n) is 4.66. The lowest BCUT2D eigenvalue weighted by Crippen LogP contribution is -1.92. The van der Waals surface area contributed by atoms with Crippen molar-refractivity contribution in [1.82, 2.24) is 0 Å². The van der Waals surface area contributed by atoms with Crippen LogP contribution in [-0.2, 0) is 6.42 Å². The third-order valence-corrected chi connectivity index (χ3v) is 5.70. The Morgan fingerprint density at radius 3 is 2.35 bits per heavy atom. The number of non-ortho nitro benzene ring substituents is 1. The van der Waals surface area contributed by atoms with E-state index in [1.807, 2.05) is 24.3 Å². The van der Waals surface area contributed by atoms with Gasteiger partial charge < -0.3 is 0 Å². The molecule has 0 saturated heterocycles. The maximum Gasteiger partial charge on any atom is 0.277 e. The zero-order valence-corrected chi connectivity index (χ0v) is 13.8. The molecule has 0 saturated carbocycles. The number of nitro groups is 1. The Labute approximate surface area is 148 Å². The van der Waals surface area contributed by atoms with Crippen molar-refractivity contribution in [2.75, 3.05) is 0 Å². The van der Waals surface area contributed by atoms with E-state index in [2.05, 4.69) is 36.4 Å². The second kappa shape index (κ2) is 4.58. The van der Waals surface area contributed by atoms with E-state index in [9.17, 15) is 10.1 Å². The van der Waals surface area contributed by atoms with Crippen molar-refractivity contribution in [1.29, 1.82) is 0 Å². The summed E-state index contributed by atoms with van der Waals surface area (Å²) in [6.45, 7) is 0. The van der Waals surface area contributed by atoms with E-state index in [4.69, 9.17) is 0 Å². The van der Waals surface area contributed by atoms with Gasteiger partial charge in [0.2, 0.25) is 0 Å². The molecule has 26 heavy (non-hydrogen) atoms. The highest BCUT2D eigenvalue weighted by atomic mass is 16.6. The van der Waals surface area contributed by atoms with Crippen LogP contribution in [0.2, 0.25) is 0 Å². The molecule has 3 heteroatoms. The van der Waals surface area contributed by atoms with E-state index in [1.165, 1.54) is 27.3 Å². The Hall–Kier alpha value is -3.46. The molecular formula is C23H13NO2. The minimum absolute atomic E-state index is 0.176. The molecule has 0 bridgehead atoms. The Kier molecular flexibility index (Phi) is 2.43. The van der Waals surface area contributed by atoms with Crippen molar-refractivity contribution in [2.45, 2.75) is 6.42 Å². The first-order valence-electron chi connectivity index (χ1n) is 8.68. The number of fused-ring (bicyclic) bond motifs is 4. The molecule has 0 heterocycles. The molecule has 0 atom stereocenters. The van der Waals surface area contributed by atoms with E-state index in [0.29, 0.717) is 5.39 Å². The number of rotatable bonds is 1. The molecule has 0 radical (unpaired) electrons. The Morgan fingerprint density at radius 2 is 1.50 bits per heavy atom. The van der Waals surface area contributed by atoms with Gasteiger partial charge >= 0.3 is 0 Å². The Balaban J connectivity index is 1.92. The van der Waals surface area contributed by atoms with Gasteiger partial charge in [-0.15, -0.1) is 0 Å². The zero-order valence-electron chi connectivity index (χ0n) is 13.8. The van der Waals surface area contributed by atoms with Gasteiger partial charge in [-0.1, -0.05) is 48.5 Å². The second-order valence-corrected chi connectivity index (χ2v) is 7.01. The highest BCUT2D eigenvalue weighted by molar-refractivity contribution is 6.26. The van der Waals surface area contributed by atoms with Crippen LogP contribution in [-0.4, -0.2) is 4.92 Å². The van der Waals surface area contributed by atoms with Crippen LogP contribution in [0.1, 0.15) is 11.1 Å². The zero-order chi connectivity index (χ0) is 17.4. The summed E-state index contributed by atoms with van der Waals surface area (Å²) in [7, 11) is 0. The van der Waals surface area contributed by atoms with Crippen molar-refractivity contribution in [3.05, 3.63) is 88.0 Å². The van der Waals surface area contributed by atoms with Crippen LogP contribution >= 0.6 is 0 Å². The Bertz CT molecular complexity index is 1430. The van der Waals surface area contributed by atoms with Gasteiger partial charge in [-0.3, -0.25) is 10.1 Å². The predicted octanol–water partition coefficient (Wildman–Crippen LogP) is 6.11. The van der Waals surface area contributed by atoms with Gasteiger partial charge in [0.15, 0.2) is 0 Å². The summed E-state index contributed by atoms with van der Waals surface area (Å²) in [6.07, 6.45) is 0.925. The fraction of sp³-hybridized carbons (Fsp3) is 0.0435. The first-order chi connectivity index (χ1) is 12.7. The third kappa shape index (κ3) is 1.58. The summed E-state index contributed by atoms with van der Waals surface area (Å²) >= 11 is 0. The summed E-state index contributed by atoms with van der Waals surface area (Å²) in [5.41, 5.74) is 2.84. The van der Waals surface area contributed by atoms with Crippen LogP contribution < -0.4 is 0 Å². The summed E-state index contributed by atoms with van der Waals surface area (Å²) in [5.74, 6) is 0. The van der Waals surface area contributed by atoms with E-state index >= 15 is 0 Å².